The summed E-state index contributed by atoms with van der Waals surface area (Å²) in [5.74, 6) is -1.22. The monoisotopic (exact) mass is 250 g/mol. The molecule has 0 radical (unpaired) electrons. The molecule has 2 rings (SSSR count). The van der Waals surface area contributed by atoms with Gasteiger partial charge in [0.1, 0.15) is 17.7 Å². The van der Waals surface area contributed by atoms with E-state index in [2.05, 4.69) is 5.32 Å². The maximum Gasteiger partial charge on any atom is 0.149 e. The summed E-state index contributed by atoms with van der Waals surface area (Å²) in [5.41, 5.74) is 0.838. The van der Waals surface area contributed by atoms with Gasteiger partial charge in [0.15, 0.2) is 0 Å². The number of rotatable bonds is 3. The van der Waals surface area contributed by atoms with Gasteiger partial charge < -0.3 is 5.32 Å². The summed E-state index contributed by atoms with van der Waals surface area (Å²) in [6, 6.07) is 7.14. The average Bonchev–Trinajstić information content (AvgIpc) is 2.76. The van der Waals surface area contributed by atoms with Crippen LogP contribution in [0, 0.1) is 23.0 Å². The van der Waals surface area contributed by atoms with Crippen LogP contribution in [0.2, 0.25) is 0 Å². The van der Waals surface area contributed by atoms with Gasteiger partial charge in [0.2, 0.25) is 0 Å². The minimum Gasteiger partial charge on any atom is -0.378 e. The molecule has 0 bridgehead atoms. The lowest BCUT2D eigenvalue weighted by Crippen LogP contribution is -2.00. The molecule has 0 aliphatic rings. The Labute approximate surface area is 101 Å². The summed E-state index contributed by atoms with van der Waals surface area (Å²) >= 11 is 1.42. The quantitative estimate of drug-likeness (QED) is 0.904. The fourth-order valence-electron chi connectivity index (χ4n) is 1.35. The standard InChI is InChI=1S/C12H8F2N2S/c13-9-1-2-12(11(14)4-9)16-6-10-3-8(5-15)7-17-10/h1-4,7,16H,6H2. The first kappa shape index (κ1) is 11.6. The second kappa shape index (κ2) is 4.93. The predicted molar refractivity (Wildman–Crippen MR) is 62.7 cm³/mol. The smallest absolute Gasteiger partial charge is 0.149 e. The molecule has 86 valence electrons. The third kappa shape index (κ3) is 2.80. The van der Waals surface area contributed by atoms with Gasteiger partial charge in [0.25, 0.3) is 0 Å². The van der Waals surface area contributed by atoms with Gasteiger partial charge in [-0.25, -0.2) is 8.78 Å². The van der Waals surface area contributed by atoms with Crippen LogP contribution in [0.25, 0.3) is 0 Å². The van der Waals surface area contributed by atoms with E-state index < -0.39 is 11.6 Å². The van der Waals surface area contributed by atoms with E-state index in [9.17, 15) is 8.78 Å². The molecule has 0 fully saturated rings. The second-order valence-electron chi connectivity index (χ2n) is 3.39. The van der Waals surface area contributed by atoms with Crippen molar-refractivity contribution in [3.8, 4) is 6.07 Å². The number of nitrogens with one attached hydrogen (secondary N) is 1. The molecule has 0 atom stereocenters. The molecule has 1 N–H and O–H groups in total. The minimum atomic E-state index is -0.623. The predicted octanol–water partition coefficient (Wildman–Crippen LogP) is 3.51. The molecule has 5 heteroatoms. The van der Waals surface area contributed by atoms with Crippen LogP contribution in [-0.2, 0) is 6.54 Å². The lowest BCUT2D eigenvalue weighted by molar-refractivity contribution is 0.585. The van der Waals surface area contributed by atoms with Gasteiger partial charge in [-0.05, 0) is 18.2 Å². The van der Waals surface area contributed by atoms with Crippen molar-refractivity contribution in [1.29, 1.82) is 5.26 Å². The van der Waals surface area contributed by atoms with Gasteiger partial charge in [-0.15, -0.1) is 11.3 Å². The Morgan fingerprint density at radius 1 is 1.29 bits per heavy atom. The molecule has 1 aromatic heterocycles. The van der Waals surface area contributed by atoms with Gasteiger partial charge >= 0.3 is 0 Å². The first-order valence-corrected chi connectivity index (χ1v) is 5.73. The number of hydrogen-bond acceptors (Lipinski definition) is 3. The zero-order chi connectivity index (χ0) is 12.3. The lowest BCUT2D eigenvalue weighted by Gasteiger charge is -2.05. The Bertz CT molecular complexity index is 572. The highest BCUT2D eigenvalue weighted by molar-refractivity contribution is 7.10. The van der Waals surface area contributed by atoms with E-state index in [-0.39, 0.29) is 5.69 Å². The number of anilines is 1. The normalized spacial score (nSPS) is 9.94. The summed E-state index contributed by atoms with van der Waals surface area (Å²) in [6.45, 7) is 0.412. The summed E-state index contributed by atoms with van der Waals surface area (Å²) < 4.78 is 25.9. The van der Waals surface area contributed by atoms with Crippen molar-refractivity contribution >= 4 is 17.0 Å². The Kier molecular flexibility index (Phi) is 3.35. The average molecular weight is 250 g/mol. The molecule has 0 aliphatic carbocycles. The van der Waals surface area contributed by atoms with Crippen molar-refractivity contribution in [3.05, 3.63) is 51.7 Å². The van der Waals surface area contributed by atoms with Crippen LogP contribution >= 0.6 is 11.3 Å². The van der Waals surface area contributed by atoms with E-state index in [1.165, 1.54) is 23.5 Å². The maximum atomic E-state index is 13.3. The van der Waals surface area contributed by atoms with E-state index >= 15 is 0 Å². The van der Waals surface area contributed by atoms with Crippen LogP contribution in [0.3, 0.4) is 0 Å². The third-order valence-corrected chi connectivity index (χ3v) is 3.10. The topological polar surface area (TPSA) is 35.8 Å². The molecule has 1 heterocycles. The number of thiophene rings is 1. The van der Waals surface area contributed by atoms with Gasteiger partial charge in [0, 0.05) is 22.9 Å². The van der Waals surface area contributed by atoms with E-state index in [0.29, 0.717) is 12.1 Å². The highest BCUT2D eigenvalue weighted by atomic mass is 32.1. The Hall–Kier alpha value is -1.93. The van der Waals surface area contributed by atoms with E-state index in [4.69, 9.17) is 5.26 Å². The molecule has 0 amide bonds. The van der Waals surface area contributed by atoms with E-state index in [0.717, 1.165) is 10.9 Å². The van der Waals surface area contributed by atoms with Crippen LogP contribution in [0.15, 0.2) is 29.6 Å². The zero-order valence-corrected chi connectivity index (χ0v) is 9.52. The van der Waals surface area contributed by atoms with Gasteiger partial charge in [-0.1, -0.05) is 0 Å². The molecule has 2 aromatic rings. The van der Waals surface area contributed by atoms with Crippen LogP contribution in [0.4, 0.5) is 14.5 Å². The van der Waals surface area contributed by atoms with Crippen molar-refractivity contribution in [1.82, 2.24) is 0 Å². The number of nitrogens with zero attached hydrogens (tertiary/aromatic N) is 1. The minimum absolute atomic E-state index is 0.248. The second-order valence-corrected chi connectivity index (χ2v) is 4.39. The number of nitriles is 1. The van der Waals surface area contributed by atoms with Crippen LogP contribution in [0.5, 0.6) is 0 Å². The zero-order valence-electron chi connectivity index (χ0n) is 8.71. The number of benzene rings is 1. The fourth-order valence-corrected chi connectivity index (χ4v) is 2.10. The van der Waals surface area contributed by atoms with Crippen LogP contribution in [0.1, 0.15) is 10.4 Å². The van der Waals surface area contributed by atoms with Gasteiger partial charge in [-0.3, -0.25) is 0 Å². The molecular weight excluding hydrogens is 242 g/mol. The fraction of sp³-hybridized carbons (Fsp3) is 0.0833. The van der Waals surface area contributed by atoms with Crippen LogP contribution < -0.4 is 5.32 Å². The van der Waals surface area contributed by atoms with Gasteiger partial charge in [0.05, 0.1) is 11.3 Å². The molecule has 0 aliphatic heterocycles. The van der Waals surface area contributed by atoms with Crippen molar-refractivity contribution in [3.63, 3.8) is 0 Å². The van der Waals surface area contributed by atoms with Crippen molar-refractivity contribution < 1.29 is 8.78 Å². The summed E-state index contributed by atoms with van der Waals surface area (Å²) in [7, 11) is 0. The SMILES string of the molecule is N#Cc1csc(CNc2ccc(F)cc2F)c1. The lowest BCUT2D eigenvalue weighted by atomic mass is 10.3. The van der Waals surface area contributed by atoms with E-state index in [1.807, 2.05) is 6.07 Å². The molecule has 2 nitrogen and oxygen atoms in total. The van der Waals surface area contributed by atoms with Gasteiger partial charge in [-0.2, -0.15) is 5.26 Å². The third-order valence-electron chi connectivity index (χ3n) is 2.17. The summed E-state index contributed by atoms with van der Waals surface area (Å²) in [4.78, 5) is 0.922. The molecule has 1 aromatic carbocycles. The van der Waals surface area contributed by atoms with Crippen LogP contribution in [-0.4, -0.2) is 0 Å². The first-order valence-electron chi connectivity index (χ1n) is 4.85. The Morgan fingerprint density at radius 2 is 2.12 bits per heavy atom. The molecule has 0 saturated heterocycles. The molecule has 0 unspecified atom stereocenters. The Balaban J connectivity index is 2.05. The van der Waals surface area contributed by atoms with Crippen molar-refractivity contribution in [2.45, 2.75) is 6.54 Å². The highest BCUT2D eigenvalue weighted by Gasteiger charge is 2.04. The molecule has 17 heavy (non-hydrogen) atoms. The number of hydrogen-bond donors (Lipinski definition) is 1. The van der Waals surface area contributed by atoms with Crippen molar-refractivity contribution in [2.24, 2.45) is 0 Å². The van der Waals surface area contributed by atoms with E-state index in [1.54, 1.807) is 11.4 Å². The summed E-state index contributed by atoms with van der Waals surface area (Å²) in [6.07, 6.45) is 0. The molecular formula is C12H8F2N2S. The van der Waals surface area contributed by atoms with Crippen molar-refractivity contribution in [2.75, 3.05) is 5.32 Å². The Morgan fingerprint density at radius 3 is 2.76 bits per heavy atom. The first-order chi connectivity index (χ1) is 8.19. The summed E-state index contributed by atoms with van der Waals surface area (Å²) in [5, 5.41) is 13.2. The highest BCUT2D eigenvalue weighted by Crippen LogP contribution is 2.19. The largest absolute Gasteiger partial charge is 0.378 e. The maximum absolute atomic E-state index is 13.3. The molecule has 0 spiro atoms. The number of halogens is 2. The molecule has 0 saturated carbocycles.